The predicted octanol–water partition coefficient (Wildman–Crippen LogP) is 8.01. The Morgan fingerprint density at radius 2 is 1.82 bits per heavy atom. The number of methoxy groups -OCH3 is 1. The molecule has 10 heteroatoms. The van der Waals surface area contributed by atoms with Gasteiger partial charge in [-0.25, -0.2) is 14.8 Å². The lowest BCUT2D eigenvalue weighted by molar-refractivity contribution is 0.0923. The number of thioether (sulfide) groups is 1. The number of urea groups is 1. The number of hydrogen-bond acceptors (Lipinski definition) is 8. The number of anilines is 2. The van der Waals surface area contributed by atoms with Gasteiger partial charge in [-0.15, -0.1) is 11.8 Å². The van der Waals surface area contributed by atoms with Gasteiger partial charge in [0.2, 0.25) is 0 Å². The molecule has 39 heavy (non-hydrogen) atoms. The van der Waals surface area contributed by atoms with E-state index in [1.807, 2.05) is 36.4 Å². The number of ketones is 1. The van der Waals surface area contributed by atoms with E-state index in [0.717, 1.165) is 45.5 Å². The Kier molecular flexibility index (Phi) is 9.18. The van der Waals surface area contributed by atoms with Crippen molar-refractivity contribution in [2.75, 3.05) is 17.7 Å². The molecule has 0 bridgehead atoms. The van der Waals surface area contributed by atoms with Crippen LogP contribution in [0.3, 0.4) is 0 Å². The van der Waals surface area contributed by atoms with Gasteiger partial charge in [0.1, 0.15) is 10.8 Å². The fourth-order valence-electron chi connectivity index (χ4n) is 4.35. The van der Waals surface area contributed by atoms with Crippen LogP contribution in [0.1, 0.15) is 41.7 Å². The Labute approximate surface area is 240 Å². The van der Waals surface area contributed by atoms with Gasteiger partial charge in [-0.1, -0.05) is 60.2 Å². The Morgan fingerprint density at radius 3 is 2.56 bits per heavy atom. The average molecular weight is 577 g/mol. The number of pyridine rings is 1. The number of hydrogen-bond donors (Lipinski definition) is 2. The van der Waals surface area contributed by atoms with Crippen LogP contribution in [-0.4, -0.2) is 28.9 Å². The molecule has 0 radical (unpaired) electrons. The van der Waals surface area contributed by atoms with Gasteiger partial charge < -0.3 is 10.1 Å². The lowest BCUT2D eigenvalue weighted by Crippen LogP contribution is -2.22. The molecule has 5 rings (SSSR count). The molecule has 2 heterocycles. The molecule has 2 amide bonds. The van der Waals surface area contributed by atoms with Gasteiger partial charge in [0.15, 0.2) is 10.9 Å². The second-order valence-electron chi connectivity index (χ2n) is 8.96. The second-order valence-corrected chi connectivity index (χ2v) is 12.3. The fraction of sp³-hybridized carbons (Fsp3) is 0.241. The maximum Gasteiger partial charge on any atom is 0.325 e. The third-order valence-corrected chi connectivity index (χ3v) is 9.50. The maximum atomic E-state index is 13.2. The molecule has 200 valence electrons. The second kappa shape index (κ2) is 13.1. The van der Waals surface area contributed by atoms with Crippen molar-refractivity contribution in [1.29, 1.82) is 0 Å². The van der Waals surface area contributed by atoms with Gasteiger partial charge >= 0.3 is 6.03 Å². The number of benzene rings is 2. The lowest BCUT2D eigenvalue weighted by Gasteiger charge is -2.15. The zero-order valence-corrected chi connectivity index (χ0v) is 23.8. The number of amides is 2. The van der Waals surface area contributed by atoms with Crippen molar-refractivity contribution in [3.63, 3.8) is 0 Å². The molecule has 0 spiro atoms. The van der Waals surface area contributed by atoms with Gasteiger partial charge in [0.25, 0.3) is 0 Å². The lowest BCUT2D eigenvalue weighted by atomic mass is 9.95. The first-order valence-corrected chi connectivity index (χ1v) is 15.3. The molecule has 7 nitrogen and oxygen atoms in total. The molecule has 0 saturated heterocycles. The zero-order valence-electron chi connectivity index (χ0n) is 21.4. The van der Waals surface area contributed by atoms with Crippen LogP contribution in [0.15, 0.2) is 87.1 Å². The van der Waals surface area contributed by atoms with Crippen molar-refractivity contribution in [2.45, 2.75) is 45.6 Å². The van der Waals surface area contributed by atoms with Gasteiger partial charge in [-0.3, -0.25) is 10.1 Å². The van der Waals surface area contributed by atoms with Crippen LogP contribution in [0, 0.1) is 5.92 Å². The van der Waals surface area contributed by atoms with Crippen LogP contribution in [-0.2, 0) is 5.75 Å². The van der Waals surface area contributed by atoms with Crippen LogP contribution < -0.4 is 15.4 Å². The number of nitrogens with one attached hydrogen (secondary N) is 2. The first-order chi connectivity index (χ1) is 19.1. The number of thiazole rings is 1. The molecule has 4 aromatic rings. The molecule has 1 saturated carbocycles. The quantitative estimate of drug-likeness (QED) is 0.146. The number of ether oxygens (including phenoxy) is 1. The fourth-order valence-corrected chi connectivity index (χ4v) is 7.46. The molecular weight excluding hydrogens is 549 g/mol. The summed E-state index contributed by atoms with van der Waals surface area (Å²) in [6.45, 7) is 0. The van der Waals surface area contributed by atoms with Gasteiger partial charge in [-0.05, 0) is 55.3 Å². The highest BCUT2D eigenvalue weighted by molar-refractivity contribution is 8.01. The summed E-state index contributed by atoms with van der Waals surface area (Å²) in [4.78, 5) is 36.6. The number of carbonyl (C=O) groups excluding carboxylic acids is 2. The van der Waals surface area contributed by atoms with Crippen LogP contribution in [0.4, 0.5) is 15.6 Å². The van der Waals surface area contributed by atoms with Gasteiger partial charge in [0.05, 0.1) is 22.7 Å². The van der Waals surface area contributed by atoms with E-state index >= 15 is 0 Å². The van der Waals surface area contributed by atoms with Crippen molar-refractivity contribution in [3.05, 3.63) is 84.2 Å². The number of rotatable bonds is 10. The summed E-state index contributed by atoms with van der Waals surface area (Å²) >= 11 is 4.62. The van der Waals surface area contributed by atoms with Crippen LogP contribution in [0.5, 0.6) is 5.75 Å². The summed E-state index contributed by atoms with van der Waals surface area (Å²) in [5.74, 6) is 1.26. The summed E-state index contributed by atoms with van der Waals surface area (Å²) in [5.41, 5.74) is 1.81. The highest BCUT2D eigenvalue weighted by Gasteiger charge is 2.27. The van der Waals surface area contributed by atoms with E-state index in [9.17, 15) is 9.59 Å². The third kappa shape index (κ3) is 7.20. The summed E-state index contributed by atoms with van der Waals surface area (Å²) in [5, 5.41) is 7.07. The molecule has 2 aromatic heterocycles. The Balaban J connectivity index is 1.33. The number of aromatic nitrogens is 2. The minimum atomic E-state index is -0.453. The van der Waals surface area contributed by atoms with Crippen LogP contribution >= 0.6 is 34.9 Å². The normalized spacial score (nSPS) is 13.3. The highest BCUT2D eigenvalue weighted by Crippen LogP contribution is 2.39. The topological polar surface area (TPSA) is 93.2 Å². The molecule has 0 aliphatic heterocycles. The Bertz CT molecular complexity index is 1420. The van der Waals surface area contributed by atoms with Crippen molar-refractivity contribution in [3.8, 4) is 5.75 Å². The summed E-state index contributed by atoms with van der Waals surface area (Å²) in [6, 6.07) is 20.6. The van der Waals surface area contributed by atoms with E-state index < -0.39 is 6.03 Å². The highest BCUT2D eigenvalue weighted by atomic mass is 32.2. The van der Waals surface area contributed by atoms with Crippen molar-refractivity contribution >= 4 is 57.5 Å². The molecule has 1 aliphatic rings. The third-order valence-electron chi connectivity index (χ3n) is 6.30. The summed E-state index contributed by atoms with van der Waals surface area (Å²) in [6.07, 6.45) is 5.62. The number of nitrogens with zero attached hydrogens (tertiary/aromatic N) is 2. The first-order valence-electron chi connectivity index (χ1n) is 12.7. The molecule has 1 aliphatic carbocycles. The SMILES string of the molecule is COc1ccc(NC(=O)Nc2nc(CSc3ccccc3)c(Sc3ccccn3)s2)c(C(=O)C2CCCC2)c1. The van der Waals surface area contributed by atoms with Crippen LogP contribution in [0.25, 0.3) is 0 Å². The van der Waals surface area contributed by atoms with E-state index in [0.29, 0.717) is 27.9 Å². The predicted molar refractivity (Wildman–Crippen MR) is 158 cm³/mol. The van der Waals surface area contributed by atoms with Crippen molar-refractivity contribution in [2.24, 2.45) is 5.92 Å². The minimum absolute atomic E-state index is 0.0180. The number of Topliss-reactive ketones (excluding diaryl/α,β-unsaturated/α-hetero) is 1. The summed E-state index contributed by atoms with van der Waals surface area (Å²) < 4.78 is 6.31. The first kappa shape index (κ1) is 27.2. The molecule has 2 N–H and O–H groups in total. The van der Waals surface area contributed by atoms with E-state index in [-0.39, 0.29) is 11.7 Å². The van der Waals surface area contributed by atoms with Crippen molar-refractivity contribution in [1.82, 2.24) is 9.97 Å². The molecule has 0 unspecified atom stereocenters. The maximum absolute atomic E-state index is 13.2. The van der Waals surface area contributed by atoms with E-state index in [1.165, 1.54) is 23.1 Å². The monoisotopic (exact) mass is 576 g/mol. The Morgan fingerprint density at radius 1 is 1.03 bits per heavy atom. The smallest absolute Gasteiger partial charge is 0.325 e. The van der Waals surface area contributed by atoms with E-state index in [4.69, 9.17) is 9.72 Å². The zero-order chi connectivity index (χ0) is 27.0. The standard InChI is InChI=1S/C29H28N4O3S3/c1-36-20-14-15-23(22(17-20)26(34)19-9-5-6-10-19)31-28(35)33-29-32-24(18-37-21-11-3-2-4-12-21)27(39-29)38-25-13-7-8-16-30-25/h2-4,7-8,11-17,19H,5-6,9-10,18H2,1H3,(H2,31,32,33,35). The Hall–Kier alpha value is -3.34. The van der Waals surface area contributed by atoms with Crippen molar-refractivity contribution < 1.29 is 14.3 Å². The minimum Gasteiger partial charge on any atom is -0.497 e. The molecule has 1 fully saturated rings. The number of carbonyl (C=O) groups is 2. The van der Waals surface area contributed by atoms with E-state index in [1.54, 1.807) is 43.3 Å². The average Bonchev–Trinajstić information content (AvgIpc) is 3.63. The largest absolute Gasteiger partial charge is 0.497 e. The molecular formula is C29H28N4O3S3. The molecule has 0 atom stereocenters. The van der Waals surface area contributed by atoms with Gasteiger partial charge in [0, 0.05) is 28.3 Å². The van der Waals surface area contributed by atoms with Crippen LogP contribution in [0.2, 0.25) is 0 Å². The van der Waals surface area contributed by atoms with E-state index in [2.05, 4.69) is 27.8 Å². The summed E-state index contributed by atoms with van der Waals surface area (Å²) in [7, 11) is 1.57. The molecule has 2 aromatic carbocycles. The van der Waals surface area contributed by atoms with Gasteiger partial charge in [-0.2, -0.15) is 0 Å².